The topological polar surface area (TPSA) is 161 Å². The van der Waals surface area contributed by atoms with Crippen LogP contribution in [0, 0.1) is 48.2 Å². The molecule has 5 heterocycles. The zero-order chi connectivity index (χ0) is 50.3. The van der Waals surface area contributed by atoms with Gasteiger partial charge in [-0.3, -0.25) is 19.8 Å². The van der Waals surface area contributed by atoms with E-state index in [1.165, 1.54) is 29.2 Å². The van der Waals surface area contributed by atoms with Crippen molar-refractivity contribution >= 4 is 51.0 Å². The number of aliphatic hydroxyl groups is 1. The van der Waals surface area contributed by atoms with Crippen LogP contribution in [-0.4, -0.2) is 126 Å². The average Bonchev–Trinajstić information content (AvgIpc) is 4.14. The number of halogens is 2. The highest BCUT2D eigenvalue weighted by atomic mass is 19.1. The molecular weight excluding hydrogens is 921 g/mol. The Morgan fingerprint density at radius 2 is 1.71 bits per heavy atom. The Morgan fingerprint density at radius 3 is 2.44 bits per heavy atom. The quantitative estimate of drug-likeness (QED) is 0.0725. The fraction of sp³-hybridized carbons (Fsp3) is 0.482. The van der Waals surface area contributed by atoms with E-state index in [0.29, 0.717) is 97.5 Å². The molecule has 3 N–H and O–H groups in total. The summed E-state index contributed by atoms with van der Waals surface area (Å²) in [5, 5.41) is 25.4. The van der Waals surface area contributed by atoms with Crippen LogP contribution < -0.4 is 19.9 Å². The van der Waals surface area contributed by atoms with Gasteiger partial charge in [0, 0.05) is 91.9 Å². The lowest BCUT2D eigenvalue weighted by Gasteiger charge is -2.38. The Morgan fingerprint density at radius 1 is 0.931 bits per heavy atom. The predicted molar refractivity (Wildman–Crippen MR) is 271 cm³/mol. The van der Waals surface area contributed by atoms with Gasteiger partial charge < -0.3 is 34.4 Å². The van der Waals surface area contributed by atoms with Gasteiger partial charge in [-0.15, -0.1) is 6.42 Å². The van der Waals surface area contributed by atoms with Crippen molar-refractivity contribution in [3.05, 3.63) is 82.9 Å². The Labute approximate surface area is 418 Å². The zero-order valence-electron chi connectivity index (χ0n) is 41.2. The molecule has 4 saturated heterocycles. The number of carbonyl (C=O) groups excluding carboxylic acids is 3. The van der Waals surface area contributed by atoms with Crippen LogP contribution in [0.4, 0.5) is 25.1 Å². The number of β-amino-alcohol motifs (C(OH)–C–C–N with tert-alkyl or cyclic N) is 1. The summed E-state index contributed by atoms with van der Waals surface area (Å²) < 4.78 is 44.8. The number of hydrogen-bond acceptors (Lipinski definition) is 11. The van der Waals surface area contributed by atoms with Crippen molar-refractivity contribution in [2.45, 2.75) is 83.7 Å². The van der Waals surface area contributed by atoms with Gasteiger partial charge in [0.2, 0.25) is 5.91 Å². The summed E-state index contributed by atoms with van der Waals surface area (Å²) in [5.41, 5.74) is 1.32. The number of aromatic nitrogens is 2. The van der Waals surface area contributed by atoms with Crippen LogP contribution in [0.25, 0.3) is 32.8 Å². The first-order valence-corrected chi connectivity index (χ1v) is 25.5. The number of imide groups is 1. The van der Waals surface area contributed by atoms with E-state index >= 15 is 8.78 Å². The molecule has 72 heavy (non-hydrogen) atoms. The molecule has 14 nitrogen and oxygen atoms in total. The van der Waals surface area contributed by atoms with Crippen LogP contribution in [-0.2, 0) is 9.53 Å². The molecule has 0 radical (unpaired) electrons. The minimum atomic E-state index is -0.967. The van der Waals surface area contributed by atoms with Crippen LogP contribution in [0.5, 0.6) is 11.8 Å². The molecule has 5 fully saturated rings. The minimum Gasteiger partial charge on any atom is -0.508 e. The maximum Gasteiger partial charge on any atom is 0.328 e. The number of amides is 4. The Balaban J connectivity index is 0.722. The standard InChI is InChI=1S/C56H63F2N7O7/c1-4-41-45(57)11-8-38-28-40(66)30-44(48(38)41)42-9-10-43-50(49(42)58)60-53(61-51(43)64-21-5-18-55(3,70)32-64)72-34-56(19-20-56)33-62-22-12-36(13-23-62)17-27-71-31-37-14-24-63(25-15-37)52(68)39-7-6-35(2)46(29-39)65-26-16-47(67)59-54(65)69/h1,6-11,28-30,36-37,66,70H,5,12-27,31-34H2,2-3H3,(H,59,67,69)/t55-/m1/s1. The number of piperidine rings is 3. The second-order valence-electron chi connectivity index (χ2n) is 21.2. The van der Waals surface area contributed by atoms with Crippen LogP contribution >= 0.6 is 0 Å². The summed E-state index contributed by atoms with van der Waals surface area (Å²) in [4.78, 5) is 55.1. The lowest BCUT2D eigenvalue weighted by atomic mass is 9.92. The van der Waals surface area contributed by atoms with Crippen molar-refractivity contribution in [2.75, 3.05) is 82.0 Å². The molecule has 0 spiro atoms. The minimum absolute atomic E-state index is 0.0166. The van der Waals surface area contributed by atoms with Crippen LogP contribution in [0.15, 0.2) is 54.6 Å². The smallest absolute Gasteiger partial charge is 0.328 e. The first-order chi connectivity index (χ1) is 34.7. The maximum atomic E-state index is 17.1. The molecule has 10 rings (SSSR count). The van der Waals surface area contributed by atoms with E-state index in [-0.39, 0.29) is 64.2 Å². The maximum absolute atomic E-state index is 17.1. The Kier molecular flexibility index (Phi) is 13.8. The number of likely N-dealkylation sites (tertiary alicyclic amines) is 2. The number of nitrogens with one attached hydrogen (secondary N) is 1. The molecule has 1 aliphatic carbocycles. The monoisotopic (exact) mass is 983 g/mol. The van der Waals surface area contributed by atoms with Gasteiger partial charge in [0.15, 0.2) is 5.82 Å². The Hall–Kier alpha value is -6.41. The third-order valence-electron chi connectivity index (χ3n) is 15.7. The number of terminal acetylenes is 1. The van der Waals surface area contributed by atoms with E-state index < -0.39 is 23.3 Å². The van der Waals surface area contributed by atoms with Gasteiger partial charge in [-0.2, -0.15) is 9.97 Å². The van der Waals surface area contributed by atoms with Gasteiger partial charge in [0.05, 0.1) is 17.8 Å². The molecule has 0 bridgehead atoms. The number of aromatic hydroxyl groups is 1. The van der Waals surface area contributed by atoms with E-state index in [9.17, 15) is 24.6 Å². The normalized spacial score (nSPS) is 21.0. The van der Waals surface area contributed by atoms with Crippen molar-refractivity contribution in [1.29, 1.82) is 0 Å². The number of fused-ring (bicyclic) bond motifs is 2. The van der Waals surface area contributed by atoms with Crippen molar-refractivity contribution in [3.8, 4) is 35.2 Å². The van der Waals surface area contributed by atoms with E-state index in [0.717, 1.165) is 76.6 Å². The first kappa shape index (κ1) is 49.2. The molecule has 4 aromatic carbocycles. The van der Waals surface area contributed by atoms with Gasteiger partial charge in [0.1, 0.15) is 22.9 Å². The van der Waals surface area contributed by atoms with Crippen molar-refractivity contribution in [1.82, 2.24) is 25.1 Å². The zero-order valence-corrected chi connectivity index (χ0v) is 41.2. The predicted octanol–water partition coefficient (Wildman–Crippen LogP) is 8.35. The number of anilines is 2. The van der Waals surface area contributed by atoms with Crippen LogP contribution in [0.2, 0.25) is 0 Å². The highest BCUT2D eigenvalue weighted by Crippen LogP contribution is 2.47. The third kappa shape index (κ3) is 10.4. The molecule has 5 aromatic rings. The van der Waals surface area contributed by atoms with E-state index in [2.05, 4.69) is 21.1 Å². The molecule has 0 unspecified atom stereocenters. The summed E-state index contributed by atoms with van der Waals surface area (Å²) in [6.45, 7) is 10.8. The molecule has 1 saturated carbocycles. The summed E-state index contributed by atoms with van der Waals surface area (Å²) in [7, 11) is 0. The number of hydrogen-bond donors (Lipinski definition) is 3. The number of phenols is 1. The molecule has 16 heteroatoms. The second kappa shape index (κ2) is 20.2. The third-order valence-corrected chi connectivity index (χ3v) is 15.7. The number of aryl methyl sites for hydroxylation is 1. The fourth-order valence-electron chi connectivity index (χ4n) is 11.3. The first-order valence-electron chi connectivity index (χ1n) is 25.5. The summed E-state index contributed by atoms with van der Waals surface area (Å²) in [6.07, 6.45) is 14.2. The fourth-order valence-corrected chi connectivity index (χ4v) is 11.3. The Bertz CT molecular complexity index is 2960. The molecule has 4 amide bonds. The van der Waals surface area contributed by atoms with Gasteiger partial charge in [-0.1, -0.05) is 24.1 Å². The lowest BCUT2D eigenvalue weighted by molar-refractivity contribution is -0.120. The molecular formula is C56H63F2N7O7. The van der Waals surface area contributed by atoms with Gasteiger partial charge in [0.25, 0.3) is 5.91 Å². The van der Waals surface area contributed by atoms with E-state index in [1.54, 1.807) is 31.2 Å². The summed E-state index contributed by atoms with van der Waals surface area (Å²) >= 11 is 0. The molecule has 5 aliphatic rings. The highest BCUT2D eigenvalue weighted by Gasteiger charge is 2.45. The van der Waals surface area contributed by atoms with Crippen molar-refractivity contribution in [2.24, 2.45) is 17.3 Å². The van der Waals surface area contributed by atoms with E-state index in [4.69, 9.17) is 20.9 Å². The van der Waals surface area contributed by atoms with Gasteiger partial charge in [-0.25, -0.2) is 13.6 Å². The number of rotatable bonds is 14. The van der Waals surface area contributed by atoms with E-state index in [1.807, 2.05) is 22.8 Å². The largest absolute Gasteiger partial charge is 0.508 e. The highest BCUT2D eigenvalue weighted by molar-refractivity contribution is 6.07. The number of benzene rings is 4. The molecule has 1 atom stereocenters. The second-order valence-corrected chi connectivity index (χ2v) is 21.2. The van der Waals surface area contributed by atoms with Crippen molar-refractivity contribution < 1.29 is 42.9 Å². The van der Waals surface area contributed by atoms with Crippen molar-refractivity contribution in [3.63, 3.8) is 0 Å². The summed E-state index contributed by atoms with van der Waals surface area (Å²) in [6, 6.07) is 13.9. The van der Waals surface area contributed by atoms with Crippen LogP contribution in [0.1, 0.15) is 92.6 Å². The number of urea groups is 1. The van der Waals surface area contributed by atoms with Gasteiger partial charge in [-0.05, 0) is 149 Å². The summed E-state index contributed by atoms with van der Waals surface area (Å²) in [5.74, 6) is 2.07. The molecule has 1 aromatic heterocycles. The molecule has 4 aliphatic heterocycles. The SMILES string of the molecule is C#Cc1c(F)ccc2cc(O)cc(-c3ccc4c(N5CCC[C@@](C)(O)C5)nc(OCC5(CN6CCC(CCOCC7CCN(C(=O)c8ccc(C)c(N9CCC(=O)NC9=O)c8)CC7)CC6)CC5)nc4c3F)c12. The molecule has 378 valence electrons. The lowest BCUT2D eigenvalue weighted by Crippen LogP contribution is -2.49. The van der Waals surface area contributed by atoms with Crippen LogP contribution in [0.3, 0.4) is 0 Å². The average molecular weight is 984 g/mol. The number of phenolic OH excluding ortho intramolecular Hbond substituents is 1. The number of nitrogens with zero attached hydrogens (tertiary/aromatic N) is 6. The number of ether oxygens (including phenoxy) is 2. The number of carbonyl (C=O) groups is 3. The van der Waals surface area contributed by atoms with Gasteiger partial charge >= 0.3 is 12.0 Å².